The van der Waals surface area contributed by atoms with E-state index in [2.05, 4.69) is 10.3 Å². The highest BCUT2D eigenvalue weighted by atomic mass is 16.5. The highest BCUT2D eigenvalue weighted by Crippen LogP contribution is 2.19. The maximum Gasteiger partial charge on any atom is 0.229 e. The monoisotopic (exact) mass is 276 g/mol. The number of rotatable bonds is 6. The number of hydrogen-bond donors (Lipinski definition) is 2. The lowest BCUT2D eigenvalue weighted by molar-refractivity contribution is -0.118. The molecule has 1 aromatic carbocycles. The third-order valence-electron chi connectivity index (χ3n) is 3.23. The number of hydrogen-bond acceptors (Lipinski definition) is 4. The fourth-order valence-electron chi connectivity index (χ4n) is 2.14. The molecule has 0 radical (unpaired) electrons. The van der Waals surface area contributed by atoms with Crippen LogP contribution in [0.15, 0.2) is 24.3 Å². The largest absolute Gasteiger partial charge is 0.380 e. The minimum absolute atomic E-state index is 0.146. The Morgan fingerprint density at radius 3 is 2.90 bits per heavy atom. The van der Waals surface area contributed by atoms with Crippen molar-refractivity contribution in [1.82, 2.24) is 9.55 Å². The number of amides is 1. The fraction of sp³-hybridized carbons (Fsp3) is 0.429. The van der Waals surface area contributed by atoms with Crippen LogP contribution in [0.4, 0.5) is 5.95 Å². The summed E-state index contributed by atoms with van der Waals surface area (Å²) in [6.07, 6.45) is -0.0469. The zero-order valence-corrected chi connectivity index (χ0v) is 11.8. The molecule has 0 spiro atoms. The number of aromatic nitrogens is 2. The van der Waals surface area contributed by atoms with E-state index in [-0.39, 0.29) is 18.4 Å². The first-order chi connectivity index (χ1) is 9.69. The van der Waals surface area contributed by atoms with Gasteiger partial charge in [-0.2, -0.15) is 0 Å². The normalized spacial score (nSPS) is 12.6. The fourth-order valence-corrected chi connectivity index (χ4v) is 2.14. The number of methoxy groups -OCH3 is 1. The Balaban J connectivity index is 2.18. The number of carbonyl (C=O) groups excluding carboxylic acids is 1. The van der Waals surface area contributed by atoms with Crippen molar-refractivity contribution >= 4 is 22.9 Å². The summed E-state index contributed by atoms with van der Waals surface area (Å²) >= 11 is 0. The molecule has 6 nitrogen and oxygen atoms in total. The van der Waals surface area contributed by atoms with Gasteiger partial charge in [-0.3, -0.25) is 10.1 Å². The molecule has 2 aromatic rings. The van der Waals surface area contributed by atoms with E-state index in [1.54, 1.807) is 7.11 Å². The van der Waals surface area contributed by atoms with Crippen molar-refractivity contribution in [3.63, 3.8) is 0 Å². The van der Waals surface area contributed by atoms with E-state index in [1.807, 2.05) is 35.8 Å². The van der Waals surface area contributed by atoms with Crippen LogP contribution in [0.3, 0.4) is 0 Å². The van der Waals surface area contributed by atoms with Crippen LogP contribution in [0.25, 0.3) is 11.0 Å². The molecular formula is C14H20N4O2. The maximum absolute atomic E-state index is 12.0. The average Bonchev–Trinajstić information content (AvgIpc) is 2.81. The molecule has 20 heavy (non-hydrogen) atoms. The summed E-state index contributed by atoms with van der Waals surface area (Å²) in [5.74, 6) is 0.415. The number of nitrogens with two attached hydrogens (primary N) is 1. The van der Waals surface area contributed by atoms with Crippen LogP contribution in [0.5, 0.6) is 0 Å². The number of nitrogens with one attached hydrogen (secondary N) is 1. The van der Waals surface area contributed by atoms with Gasteiger partial charge in [0.2, 0.25) is 11.9 Å². The molecule has 6 heteroatoms. The summed E-state index contributed by atoms with van der Waals surface area (Å²) in [5.41, 5.74) is 7.39. The first-order valence-electron chi connectivity index (χ1n) is 6.67. The van der Waals surface area contributed by atoms with Crippen molar-refractivity contribution in [3.05, 3.63) is 24.3 Å². The van der Waals surface area contributed by atoms with Gasteiger partial charge in [0.25, 0.3) is 0 Å². The Morgan fingerprint density at radius 1 is 1.50 bits per heavy atom. The quantitative estimate of drug-likeness (QED) is 0.834. The Hall–Kier alpha value is -1.92. The van der Waals surface area contributed by atoms with Crippen LogP contribution >= 0.6 is 0 Å². The molecule has 0 aliphatic heterocycles. The number of carbonyl (C=O) groups is 1. The molecule has 0 bridgehead atoms. The molecule has 0 aliphatic rings. The van der Waals surface area contributed by atoms with Gasteiger partial charge in [0.15, 0.2) is 0 Å². The molecule has 1 atom stereocenters. The highest BCUT2D eigenvalue weighted by molar-refractivity contribution is 5.91. The van der Waals surface area contributed by atoms with E-state index < -0.39 is 0 Å². The summed E-state index contributed by atoms with van der Waals surface area (Å²) in [6, 6.07) is 7.79. The summed E-state index contributed by atoms with van der Waals surface area (Å²) in [5, 5.41) is 2.83. The first kappa shape index (κ1) is 14.5. The topological polar surface area (TPSA) is 82.2 Å². The van der Waals surface area contributed by atoms with Gasteiger partial charge in [-0.05, 0) is 19.1 Å². The van der Waals surface area contributed by atoms with Gasteiger partial charge < -0.3 is 15.0 Å². The predicted molar refractivity (Wildman–Crippen MR) is 78.5 cm³/mol. The molecule has 1 heterocycles. The second-order valence-electron chi connectivity index (χ2n) is 4.51. The van der Waals surface area contributed by atoms with Crippen LogP contribution in [-0.2, 0) is 16.1 Å². The Kier molecular flexibility index (Phi) is 4.70. The number of para-hydroxylation sites is 2. The summed E-state index contributed by atoms with van der Waals surface area (Å²) in [7, 11) is 1.55. The van der Waals surface area contributed by atoms with Crippen molar-refractivity contribution in [3.8, 4) is 0 Å². The molecule has 2 rings (SSSR count). The number of fused-ring (bicyclic) bond motifs is 1. The van der Waals surface area contributed by atoms with E-state index >= 15 is 0 Å². The van der Waals surface area contributed by atoms with Crippen molar-refractivity contribution < 1.29 is 9.53 Å². The number of aryl methyl sites for hydroxylation is 1. The van der Waals surface area contributed by atoms with Crippen LogP contribution in [0, 0.1) is 0 Å². The van der Waals surface area contributed by atoms with Crippen LogP contribution < -0.4 is 11.1 Å². The van der Waals surface area contributed by atoms with Gasteiger partial charge in [-0.15, -0.1) is 0 Å². The van der Waals surface area contributed by atoms with Crippen LogP contribution in [-0.4, -0.2) is 35.2 Å². The van der Waals surface area contributed by atoms with Crippen LogP contribution in [0.2, 0.25) is 0 Å². The van der Waals surface area contributed by atoms with Crippen molar-refractivity contribution in [2.24, 2.45) is 5.73 Å². The second-order valence-corrected chi connectivity index (χ2v) is 4.51. The van der Waals surface area contributed by atoms with E-state index in [1.165, 1.54) is 0 Å². The minimum atomic E-state index is -0.269. The molecular weight excluding hydrogens is 256 g/mol. The van der Waals surface area contributed by atoms with E-state index in [0.29, 0.717) is 12.5 Å². The maximum atomic E-state index is 12.0. The van der Waals surface area contributed by atoms with E-state index in [0.717, 1.165) is 17.6 Å². The van der Waals surface area contributed by atoms with Gasteiger partial charge in [0, 0.05) is 20.2 Å². The van der Waals surface area contributed by atoms with Crippen molar-refractivity contribution in [2.45, 2.75) is 26.0 Å². The summed E-state index contributed by atoms with van der Waals surface area (Å²) in [6.45, 7) is 3.07. The molecule has 1 unspecified atom stereocenters. The van der Waals surface area contributed by atoms with Crippen LogP contribution in [0.1, 0.15) is 13.3 Å². The number of benzene rings is 1. The van der Waals surface area contributed by atoms with Gasteiger partial charge in [0.1, 0.15) is 0 Å². The number of anilines is 1. The number of imidazole rings is 1. The molecule has 0 aliphatic carbocycles. The Bertz CT molecular complexity index is 590. The summed E-state index contributed by atoms with van der Waals surface area (Å²) in [4.78, 5) is 16.4. The highest BCUT2D eigenvalue weighted by Gasteiger charge is 2.15. The molecule has 1 aromatic heterocycles. The first-order valence-corrected chi connectivity index (χ1v) is 6.67. The third-order valence-corrected chi connectivity index (χ3v) is 3.23. The number of nitrogens with zero attached hydrogens (tertiary/aromatic N) is 2. The van der Waals surface area contributed by atoms with Gasteiger partial charge in [-0.25, -0.2) is 4.98 Å². The van der Waals surface area contributed by atoms with E-state index in [9.17, 15) is 4.79 Å². The predicted octanol–water partition coefficient (Wildman–Crippen LogP) is 1.36. The lowest BCUT2D eigenvalue weighted by atomic mass is 10.2. The SMILES string of the molecule is CCn1c(NC(=O)CC(CN)OC)nc2ccccc21. The summed E-state index contributed by atoms with van der Waals surface area (Å²) < 4.78 is 7.08. The zero-order chi connectivity index (χ0) is 14.5. The molecule has 0 saturated heterocycles. The zero-order valence-electron chi connectivity index (χ0n) is 11.8. The smallest absolute Gasteiger partial charge is 0.229 e. The van der Waals surface area contributed by atoms with E-state index in [4.69, 9.17) is 10.5 Å². The van der Waals surface area contributed by atoms with Crippen molar-refractivity contribution in [2.75, 3.05) is 19.0 Å². The van der Waals surface area contributed by atoms with Gasteiger partial charge in [0.05, 0.1) is 23.6 Å². The number of ether oxygens (including phenoxy) is 1. The standard InChI is InChI=1S/C14H20N4O2/c1-3-18-12-7-5-4-6-11(12)16-14(18)17-13(19)8-10(9-15)20-2/h4-7,10H,3,8-9,15H2,1-2H3,(H,16,17,19). The molecule has 1 amide bonds. The molecule has 108 valence electrons. The molecule has 0 fully saturated rings. The minimum Gasteiger partial charge on any atom is -0.380 e. The van der Waals surface area contributed by atoms with Crippen molar-refractivity contribution in [1.29, 1.82) is 0 Å². The molecule has 3 N–H and O–H groups in total. The van der Waals surface area contributed by atoms with Gasteiger partial charge in [-0.1, -0.05) is 12.1 Å². The third kappa shape index (κ3) is 2.97. The Labute approximate surface area is 117 Å². The molecule has 0 saturated carbocycles. The average molecular weight is 276 g/mol. The van der Waals surface area contributed by atoms with Gasteiger partial charge >= 0.3 is 0 Å². The Morgan fingerprint density at radius 2 is 2.25 bits per heavy atom. The lowest BCUT2D eigenvalue weighted by Gasteiger charge is -2.12. The second kappa shape index (κ2) is 6.49. The lowest BCUT2D eigenvalue weighted by Crippen LogP contribution is -2.28.